The second-order valence-corrected chi connectivity index (χ2v) is 5.93. The molecule has 2 N–H and O–H groups in total. The van der Waals surface area contributed by atoms with Crippen LogP contribution in [0.4, 0.5) is 0 Å². The fourth-order valence-electron chi connectivity index (χ4n) is 2.55. The van der Waals surface area contributed by atoms with E-state index in [9.17, 15) is 9.59 Å². The van der Waals surface area contributed by atoms with Crippen LogP contribution in [-0.4, -0.2) is 24.9 Å². The van der Waals surface area contributed by atoms with Crippen LogP contribution >= 0.6 is 0 Å². The zero-order valence-electron chi connectivity index (χ0n) is 14.3. The standard InChI is InChI=1S/C20H24N2O2/c1-15-10-11-17(16(2)13-15)9-6-12-21-19(23)14-22-20(24)18-7-4-3-5-8-18/h3-5,7-8,10-11,13H,6,9,12,14H2,1-2H3,(H,21,23)(H,22,24). The van der Waals surface area contributed by atoms with Crippen LogP contribution in [0.2, 0.25) is 0 Å². The highest BCUT2D eigenvalue weighted by atomic mass is 16.2. The van der Waals surface area contributed by atoms with E-state index < -0.39 is 0 Å². The van der Waals surface area contributed by atoms with Gasteiger partial charge in [-0.15, -0.1) is 0 Å². The van der Waals surface area contributed by atoms with Gasteiger partial charge in [-0.1, -0.05) is 42.0 Å². The number of aryl methyl sites for hydroxylation is 3. The highest BCUT2D eigenvalue weighted by molar-refractivity contribution is 5.96. The Morgan fingerprint density at radius 3 is 2.42 bits per heavy atom. The number of nitrogens with one attached hydrogen (secondary N) is 2. The fraction of sp³-hybridized carbons (Fsp3) is 0.300. The lowest BCUT2D eigenvalue weighted by molar-refractivity contribution is -0.120. The molecule has 0 aromatic heterocycles. The van der Waals surface area contributed by atoms with Gasteiger partial charge in [-0.2, -0.15) is 0 Å². The minimum atomic E-state index is -0.235. The first-order valence-electron chi connectivity index (χ1n) is 8.22. The predicted molar refractivity (Wildman–Crippen MR) is 96.0 cm³/mol. The van der Waals surface area contributed by atoms with Crippen molar-refractivity contribution in [2.45, 2.75) is 26.7 Å². The molecule has 2 amide bonds. The summed E-state index contributed by atoms with van der Waals surface area (Å²) >= 11 is 0. The summed E-state index contributed by atoms with van der Waals surface area (Å²) in [4.78, 5) is 23.6. The molecule has 0 atom stereocenters. The normalized spacial score (nSPS) is 10.2. The SMILES string of the molecule is Cc1ccc(CCCNC(=O)CNC(=O)c2ccccc2)c(C)c1. The Morgan fingerprint density at radius 1 is 0.958 bits per heavy atom. The first-order valence-corrected chi connectivity index (χ1v) is 8.22. The van der Waals surface area contributed by atoms with Gasteiger partial charge in [0.05, 0.1) is 6.54 Å². The lowest BCUT2D eigenvalue weighted by Gasteiger charge is -2.09. The van der Waals surface area contributed by atoms with Crippen molar-refractivity contribution in [1.29, 1.82) is 0 Å². The van der Waals surface area contributed by atoms with Gasteiger partial charge in [0.25, 0.3) is 5.91 Å². The van der Waals surface area contributed by atoms with Crippen molar-refractivity contribution in [3.63, 3.8) is 0 Å². The first kappa shape index (κ1) is 17.7. The van der Waals surface area contributed by atoms with Crippen molar-refractivity contribution in [3.05, 3.63) is 70.8 Å². The molecule has 0 heterocycles. The van der Waals surface area contributed by atoms with E-state index in [2.05, 4.69) is 42.7 Å². The Hall–Kier alpha value is -2.62. The number of benzene rings is 2. The predicted octanol–water partition coefficient (Wildman–Crippen LogP) is 2.78. The Balaban J connectivity index is 1.65. The average molecular weight is 324 g/mol. The fourth-order valence-corrected chi connectivity index (χ4v) is 2.55. The molecule has 0 saturated heterocycles. The van der Waals surface area contributed by atoms with Crippen LogP contribution < -0.4 is 10.6 Å². The summed E-state index contributed by atoms with van der Waals surface area (Å²) in [5, 5.41) is 5.46. The molecule has 24 heavy (non-hydrogen) atoms. The second kappa shape index (κ2) is 8.87. The van der Waals surface area contributed by atoms with Crippen molar-refractivity contribution < 1.29 is 9.59 Å². The number of amides is 2. The monoisotopic (exact) mass is 324 g/mol. The number of rotatable bonds is 7. The van der Waals surface area contributed by atoms with Gasteiger partial charge in [-0.05, 0) is 49.9 Å². The largest absolute Gasteiger partial charge is 0.355 e. The minimum Gasteiger partial charge on any atom is -0.355 e. The number of hydrogen-bond acceptors (Lipinski definition) is 2. The molecule has 0 aliphatic carbocycles. The van der Waals surface area contributed by atoms with Gasteiger partial charge in [0.1, 0.15) is 0 Å². The van der Waals surface area contributed by atoms with Crippen LogP contribution in [0.15, 0.2) is 48.5 Å². The van der Waals surface area contributed by atoms with Crippen molar-refractivity contribution in [2.75, 3.05) is 13.1 Å². The smallest absolute Gasteiger partial charge is 0.251 e. The molecule has 0 radical (unpaired) electrons. The van der Waals surface area contributed by atoms with Gasteiger partial charge < -0.3 is 10.6 Å². The van der Waals surface area contributed by atoms with E-state index in [0.717, 1.165) is 12.8 Å². The van der Waals surface area contributed by atoms with Crippen LogP contribution in [-0.2, 0) is 11.2 Å². The summed E-state index contributed by atoms with van der Waals surface area (Å²) in [5.41, 5.74) is 4.42. The summed E-state index contributed by atoms with van der Waals surface area (Å²) in [6.45, 7) is 4.80. The Bertz CT molecular complexity index is 696. The van der Waals surface area contributed by atoms with E-state index in [0.29, 0.717) is 12.1 Å². The van der Waals surface area contributed by atoms with Gasteiger partial charge in [-0.25, -0.2) is 0 Å². The number of carbonyl (C=O) groups is 2. The summed E-state index contributed by atoms with van der Waals surface area (Å²) in [5.74, 6) is -0.402. The molecule has 2 aromatic carbocycles. The first-order chi connectivity index (χ1) is 11.6. The molecular formula is C20H24N2O2. The molecule has 2 aromatic rings. The molecule has 4 nitrogen and oxygen atoms in total. The molecular weight excluding hydrogens is 300 g/mol. The van der Waals surface area contributed by atoms with Crippen molar-refractivity contribution in [2.24, 2.45) is 0 Å². The van der Waals surface area contributed by atoms with Crippen LogP contribution in [0.1, 0.15) is 33.5 Å². The highest BCUT2D eigenvalue weighted by Crippen LogP contribution is 2.12. The topological polar surface area (TPSA) is 58.2 Å². The molecule has 0 spiro atoms. The van der Waals surface area contributed by atoms with Crippen LogP contribution in [0.3, 0.4) is 0 Å². The molecule has 0 fully saturated rings. The lowest BCUT2D eigenvalue weighted by Crippen LogP contribution is -2.37. The highest BCUT2D eigenvalue weighted by Gasteiger charge is 2.07. The zero-order chi connectivity index (χ0) is 17.4. The molecule has 0 unspecified atom stereocenters. The lowest BCUT2D eigenvalue weighted by atomic mass is 10.0. The van der Waals surface area contributed by atoms with Gasteiger partial charge in [0.15, 0.2) is 0 Å². The summed E-state index contributed by atoms with van der Waals surface area (Å²) < 4.78 is 0. The van der Waals surface area contributed by atoms with Crippen molar-refractivity contribution in [1.82, 2.24) is 10.6 Å². The maximum Gasteiger partial charge on any atom is 0.251 e. The third-order valence-electron chi connectivity index (χ3n) is 3.89. The summed E-state index contributed by atoms with van der Waals surface area (Å²) in [7, 11) is 0. The molecule has 0 aliphatic heterocycles. The third kappa shape index (κ3) is 5.54. The van der Waals surface area contributed by atoms with E-state index in [1.165, 1.54) is 16.7 Å². The van der Waals surface area contributed by atoms with E-state index in [-0.39, 0.29) is 18.4 Å². The van der Waals surface area contributed by atoms with E-state index >= 15 is 0 Å². The number of hydrogen-bond donors (Lipinski definition) is 2. The van der Waals surface area contributed by atoms with Crippen LogP contribution in [0, 0.1) is 13.8 Å². The van der Waals surface area contributed by atoms with Gasteiger partial charge in [-0.3, -0.25) is 9.59 Å². The summed E-state index contributed by atoms with van der Waals surface area (Å²) in [6.07, 6.45) is 1.81. The molecule has 0 aliphatic rings. The van der Waals surface area contributed by atoms with Gasteiger partial charge >= 0.3 is 0 Å². The van der Waals surface area contributed by atoms with Crippen molar-refractivity contribution >= 4 is 11.8 Å². The molecule has 4 heteroatoms. The average Bonchev–Trinajstić information content (AvgIpc) is 2.59. The van der Waals surface area contributed by atoms with Crippen LogP contribution in [0.5, 0.6) is 0 Å². The van der Waals surface area contributed by atoms with Crippen molar-refractivity contribution in [3.8, 4) is 0 Å². The Morgan fingerprint density at radius 2 is 1.71 bits per heavy atom. The quantitative estimate of drug-likeness (QED) is 0.770. The van der Waals surface area contributed by atoms with Gasteiger partial charge in [0, 0.05) is 12.1 Å². The Kier molecular flexibility index (Phi) is 6.55. The molecule has 0 saturated carbocycles. The molecule has 2 rings (SSSR count). The maximum absolute atomic E-state index is 11.8. The van der Waals surface area contributed by atoms with E-state index in [4.69, 9.17) is 0 Å². The minimum absolute atomic E-state index is 0.00269. The zero-order valence-corrected chi connectivity index (χ0v) is 14.3. The summed E-state index contributed by atoms with van der Waals surface area (Å²) in [6, 6.07) is 15.3. The number of carbonyl (C=O) groups excluding carboxylic acids is 2. The molecule has 0 bridgehead atoms. The van der Waals surface area contributed by atoms with E-state index in [1.807, 2.05) is 6.07 Å². The Labute approximate surface area is 143 Å². The van der Waals surface area contributed by atoms with Crippen LogP contribution in [0.25, 0.3) is 0 Å². The molecule has 126 valence electrons. The van der Waals surface area contributed by atoms with Gasteiger partial charge in [0.2, 0.25) is 5.91 Å². The van der Waals surface area contributed by atoms with E-state index in [1.54, 1.807) is 24.3 Å². The second-order valence-electron chi connectivity index (χ2n) is 5.93. The maximum atomic E-state index is 11.8. The third-order valence-corrected chi connectivity index (χ3v) is 3.89.